The van der Waals surface area contributed by atoms with Crippen molar-refractivity contribution in [2.24, 2.45) is 0 Å². The molecule has 2 rings (SSSR count). The molecule has 0 spiro atoms. The predicted octanol–water partition coefficient (Wildman–Crippen LogP) is 4.32. The number of allylic oxidation sites excluding steroid dienone is 1. The van der Waals surface area contributed by atoms with Crippen LogP contribution >= 0.6 is 0 Å². The van der Waals surface area contributed by atoms with Crippen molar-refractivity contribution in [1.82, 2.24) is 5.48 Å². The summed E-state index contributed by atoms with van der Waals surface area (Å²) in [5.74, 6) is -1.61. The first-order valence-electron chi connectivity index (χ1n) is 7.25. The number of unbranched alkanes of at least 4 members (excludes halogenated alkanes) is 1. The highest BCUT2D eigenvalue weighted by Crippen LogP contribution is 2.24. The lowest BCUT2D eigenvalue weighted by Gasteiger charge is -2.05. The maximum Gasteiger partial charge on any atom is 0.243 e. The molecule has 1 amide bonds. The SMILES string of the molecule is O=C(CCCC=Cc1cccc(-c2ccc(F)cc2F)c1)NO. The molecule has 0 saturated carbocycles. The van der Waals surface area contributed by atoms with Gasteiger partial charge in [-0.05, 0) is 42.2 Å². The van der Waals surface area contributed by atoms with Gasteiger partial charge in [0.2, 0.25) is 5.91 Å². The number of halogens is 2. The molecule has 2 N–H and O–H groups in total. The first-order valence-corrected chi connectivity index (χ1v) is 7.25. The maximum absolute atomic E-state index is 13.8. The van der Waals surface area contributed by atoms with Crippen LogP contribution < -0.4 is 5.48 Å². The van der Waals surface area contributed by atoms with E-state index in [9.17, 15) is 13.6 Å². The van der Waals surface area contributed by atoms with Crippen molar-refractivity contribution in [2.45, 2.75) is 19.3 Å². The average molecular weight is 317 g/mol. The second-order valence-corrected chi connectivity index (χ2v) is 5.08. The summed E-state index contributed by atoms with van der Waals surface area (Å²) < 4.78 is 26.8. The Morgan fingerprint density at radius 1 is 1.17 bits per heavy atom. The third kappa shape index (κ3) is 5.00. The van der Waals surface area contributed by atoms with E-state index < -0.39 is 17.5 Å². The fraction of sp³-hybridized carbons (Fsp3) is 0.167. The predicted molar refractivity (Wildman–Crippen MR) is 84.6 cm³/mol. The minimum Gasteiger partial charge on any atom is -0.289 e. The molecule has 2 aromatic rings. The standard InChI is InChI=1S/C18H17F2NO2/c19-15-9-10-16(17(20)12-15)14-7-4-6-13(11-14)5-2-1-3-8-18(22)21-23/h2,4-7,9-12,23H,1,3,8H2,(H,21,22). The molecule has 0 bridgehead atoms. The molecule has 120 valence electrons. The van der Waals surface area contributed by atoms with Crippen molar-refractivity contribution in [3.63, 3.8) is 0 Å². The van der Waals surface area contributed by atoms with Gasteiger partial charge in [-0.25, -0.2) is 14.3 Å². The third-order valence-electron chi connectivity index (χ3n) is 3.34. The van der Waals surface area contributed by atoms with E-state index in [1.807, 2.05) is 24.3 Å². The Morgan fingerprint density at radius 2 is 2.00 bits per heavy atom. The van der Waals surface area contributed by atoms with Gasteiger partial charge in [-0.3, -0.25) is 10.0 Å². The van der Waals surface area contributed by atoms with Crippen molar-refractivity contribution in [3.05, 3.63) is 65.7 Å². The van der Waals surface area contributed by atoms with Gasteiger partial charge in [0, 0.05) is 18.1 Å². The first kappa shape index (κ1) is 16.8. The molecule has 0 atom stereocenters. The van der Waals surface area contributed by atoms with Gasteiger partial charge in [0.15, 0.2) is 0 Å². The second kappa shape index (κ2) is 8.19. The highest BCUT2D eigenvalue weighted by atomic mass is 19.1. The Kier molecular flexibility index (Phi) is 6.00. The summed E-state index contributed by atoms with van der Waals surface area (Å²) in [6.07, 6.45) is 5.34. The van der Waals surface area contributed by atoms with Crippen LogP contribution in [0.15, 0.2) is 48.5 Å². The number of hydrogen-bond donors (Lipinski definition) is 2. The molecule has 3 nitrogen and oxygen atoms in total. The van der Waals surface area contributed by atoms with E-state index in [-0.39, 0.29) is 6.42 Å². The van der Waals surface area contributed by atoms with Crippen molar-refractivity contribution in [2.75, 3.05) is 0 Å². The lowest BCUT2D eigenvalue weighted by Crippen LogP contribution is -2.17. The fourth-order valence-electron chi connectivity index (χ4n) is 2.19. The smallest absolute Gasteiger partial charge is 0.243 e. The van der Waals surface area contributed by atoms with Crippen molar-refractivity contribution >= 4 is 12.0 Å². The van der Waals surface area contributed by atoms with Crippen LogP contribution in [0, 0.1) is 11.6 Å². The highest BCUT2D eigenvalue weighted by molar-refractivity contribution is 5.74. The zero-order valence-corrected chi connectivity index (χ0v) is 12.4. The van der Waals surface area contributed by atoms with E-state index in [1.54, 1.807) is 17.6 Å². The van der Waals surface area contributed by atoms with Crippen LogP contribution in [0.4, 0.5) is 8.78 Å². The van der Waals surface area contributed by atoms with Crippen molar-refractivity contribution < 1.29 is 18.8 Å². The number of nitrogens with one attached hydrogen (secondary N) is 1. The number of hydroxylamine groups is 1. The minimum atomic E-state index is -0.603. The summed E-state index contributed by atoms with van der Waals surface area (Å²) >= 11 is 0. The number of carbonyl (C=O) groups is 1. The molecule has 0 aliphatic heterocycles. The van der Waals surface area contributed by atoms with E-state index in [4.69, 9.17) is 5.21 Å². The highest BCUT2D eigenvalue weighted by Gasteiger charge is 2.06. The molecule has 23 heavy (non-hydrogen) atoms. The van der Waals surface area contributed by atoms with Gasteiger partial charge in [-0.2, -0.15) is 0 Å². The van der Waals surface area contributed by atoms with Crippen LogP contribution in [0.2, 0.25) is 0 Å². The summed E-state index contributed by atoms with van der Waals surface area (Å²) in [6.45, 7) is 0. The maximum atomic E-state index is 13.8. The molecular weight excluding hydrogens is 300 g/mol. The first-order chi connectivity index (χ1) is 11.1. The van der Waals surface area contributed by atoms with Crippen molar-refractivity contribution in [1.29, 1.82) is 0 Å². The lowest BCUT2D eigenvalue weighted by atomic mass is 10.0. The molecule has 0 heterocycles. The summed E-state index contributed by atoms with van der Waals surface area (Å²) in [7, 11) is 0. The monoisotopic (exact) mass is 317 g/mol. The van der Waals surface area contributed by atoms with E-state index in [2.05, 4.69) is 0 Å². The van der Waals surface area contributed by atoms with Gasteiger partial charge < -0.3 is 0 Å². The van der Waals surface area contributed by atoms with Gasteiger partial charge >= 0.3 is 0 Å². The zero-order valence-electron chi connectivity index (χ0n) is 12.4. The van der Waals surface area contributed by atoms with Gasteiger partial charge in [0.05, 0.1) is 0 Å². The van der Waals surface area contributed by atoms with Crippen LogP contribution in [-0.4, -0.2) is 11.1 Å². The van der Waals surface area contributed by atoms with Crippen LogP contribution in [0.5, 0.6) is 0 Å². The molecule has 0 unspecified atom stereocenters. The number of carbonyl (C=O) groups excluding carboxylic acids is 1. The molecule has 5 heteroatoms. The fourth-order valence-corrected chi connectivity index (χ4v) is 2.19. The summed E-state index contributed by atoms with van der Waals surface area (Å²) in [5, 5.41) is 8.38. The van der Waals surface area contributed by atoms with E-state index >= 15 is 0 Å². The van der Waals surface area contributed by atoms with Gasteiger partial charge in [-0.15, -0.1) is 0 Å². The number of hydrogen-bond acceptors (Lipinski definition) is 2. The summed E-state index contributed by atoms with van der Waals surface area (Å²) in [5.41, 5.74) is 3.49. The molecule has 0 aliphatic carbocycles. The molecule has 0 aromatic heterocycles. The lowest BCUT2D eigenvalue weighted by molar-refractivity contribution is -0.129. The number of rotatable bonds is 6. The Hall–Kier alpha value is -2.53. The third-order valence-corrected chi connectivity index (χ3v) is 3.34. The quantitative estimate of drug-likeness (QED) is 0.473. The van der Waals surface area contributed by atoms with Gasteiger partial charge in [-0.1, -0.05) is 30.4 Å². The topological polar surface area (TPSA) is 49.3 Å². The molecular formula is C18H17F2NO2. The average Bonchev–Trinajstić information content (AvgIpc) is 2.54. The van der Waals surface area contributed by atoms with E-state index in [0.717, 1.165) is 11.6 Å². The normalized spacial score (nSPS) is 10.9. The van der Waals surface area contributed by atoms with Crippen LogP contribution in [0.3, 0.4) is 0 Å². The molecule has 0 radical (unpaired) electrons. The zero-order chi connectivity index (χ0) is 16.7. The molecule has 2 aromatic carbocycles. The summed E-state index contributed by atoms with van der Waals surface area (Å²) in [4.78, 5) is 10.9. The van der Waals surface area contributed by atoms with Crippen LogP contribution in [0.25, 0.3) is 17.2 Å². The molecule has 0 saturated heterocycles. The number of amides is 1. The van der Waals surface area contributed by atoms with E-state index in [1.165, 1.54) is 12.1 Å². The van der Waals surface area contributed by atoms with Crippen LogP contribution in [0.1, 0.15) is 24.8 Å². The molecule has 0 aliphatic rings. The largest absolute Gasteiger partial charge is 0.289 e. The Balaban J connectivity index is 2.03. The summed E-state index contributed by atoms with van der Waals surface area (Å²) in [6, 6.07) is 10.8. The van der Waals surface area contributed by atoms with Gasteiger partial charge in [0.1, 0.15) is 11.6 Å². The Bertz CT molecular complexity index is 714. The Labute approximate surface area is 133 Å². The second-order valence-electron chi connectivity index (χ2n) is 5.08. The Morgan fingerprint density at radius 3 is 2.74 bits per heavy atom. The van der Waals surface area contributed by atoms with Crippen molar-refractivity contribution in [3.8, 4) is 11.1 Å². The molecule has 0 fully saturated rings. The number of benzene rings is 2. The van der Waals surface area contributed by atoms with Crippen LogP contribution in [-0.2, 0) is 4.79 Å². The van der Waals surface area contributed by atoms with E-state index in [0.29, 0.717) is 24.0 Å². The minimum absolute atomic E-state index is 0.252. The van der Waals surface area contributed by atoms with Gasteiger partial charge in [0.25, 0.3) is 0 Å².